The molecule has 0 bridgehead atoms. The third kappa shape index (κ3) is 4.41. The van der Waals surface area contributed by atoms with E-state index in [1.807, 2.05) is 4.90 Å². The molecule has 1 aromatic rings. The monoisotopic (exact) mass is 362 g/mol. The summed E-state index contributed by atoms with van der Waals surface area (Å²) in [5.74, 6) is -0.183. The number of hydrogen-bond acceptors (Lipinski definition) is 3. The first-order valence-electron chi connectivity index (χ1n) is 9.35. The van der Waals surface area contributed by atoms with Crippen LogP contribution in [0.3, 0.4) is 0 Å². The first kappa shape index (κ1) is 18.8. The van der Waals surface area contributed by atoms with Gasteiger partial charge in [0.25, 0.3) is 0 Å². The second kappa shape index (κ2) is 7.74. The standard InChI is InChI=1S/C20H27FN2O3/c1-15(24)13-23-14-20(6-5-18(23)25)7-9-22(10-8-20)19(26)12-16-3-2-4-17(21)11-16/h2-4,11,15,24H,5-10,12-14H2,1H3/t15-/m1/s1. The summed E-state index contributed by atoms with van der Waals surface area (Å²) in [4.78, 5) is 28.2. The minimum atomic E-state index is -0.526. The Bertz CT molecular complexity index is 669. The molecule has 1 atom stereocenters. The van der Waals surface area contributed by atoms with E-state index < -0.39 is 6.10 Å². The number of aliphatic hydroxyl groups is 1. The van der Waals surface area contributed by atoms with Gasteiger partial charge in [0.15, 0.2) is 0 Å². The average molecular weight is 362 g/mol. The molecule has 142 valence electrons. The zero-order valence-corrected chi connectivity index (χ0v) is 15.3. The quantitative estimate of drug-likeness (QED) is 0.891. The van der Waals surface area contributed by atoms with Gasteiger partial charge in [-0.05, 0) is 49.3 Å². The van der Waals surface area contributed by atoms with Crippen LogP contribution in [0, 0.1) is 11.2 Å². The van der Waals surface area contributed by atoms with E-state index in [2.05, 4.69) is 0 Å². The maximum atomic E-state index is 13.3. The van der Waals surface area contributed by atoms with Crippen molar-refractivity contribution in [3.05, 3.63) is 35.6 Å². The summed E-state index contributed by atoms with van der Waals surface area (Å²) in [6, 6.07) is 6.18. The molecule has 1 aromatic carbocycles. The van der Waals surface area contributed by atoms with Crippen molar-refractivity contribution in [1.29, 1.82) is 0 Å². The summed E-state index contributed by atoms with van der Waals surface area (Å²) in [5, 5.41) is 9.61. The lowest BCUT2D eigenvalue weighted by atomic mass is 9.72. The number of β-amino-alcohol motifs (C(OH)–C–C–N with tert-alkyl or cyclic N) is 1. The fourth-order valence-electron chi connectivity index (χ4n) is 4.16. The molecule has 26 heavy (non-hydrogen) atoms. The highest BCUT2D eigenvalue weighted by atomic mass is 19.1. The Morgan fingerprint density at radius 1 is 1.31 bits per heavy atom. The van der Waals surface area contributed by atoms with Crippen molar-refractivity contribution >= 4 is 11.8 Å². The molecule has 6 heteroatoms. The highest BCUT2D eigenvalue weighted by Gasteiger charge is 2.41. The number of halogens is 1. The fourth-order valence-corrected chi connectivity index (χ4v) is 4.16. The molecular formula is C20H27FN2O3. The Balaban J connectivity index is 1.56. The van der Waals surface area contributed by atoms with Gasteiger partial charge in [0.2, 0.25) is 11.8 Å². The van der Waals surface area contributed by atoms with E-state index in [-0.39, 0.29) is 29.5 Å². The van der Waals surface area contributed by atoms with Gasteiger partial charge in [-0.15, -0.1) is 0 Å². The van der Waals surface area contributed by atoms with Crippen molar-refractivity contribution in [3.8, 4) is 0 Å². The third-order valence-electron chi connectivity index (χ3n) is 5.65. The van der Waals surface area contributed by atoms with E-state index in [9.17, 15) is 19.1 Å². The highest BCUT2D eigenvalue weighted by Crippen LogP contribution is 2.40. The fraction of sp³-hybridized carbons (Fsp3) is 0.600. The number of aliphatic hydroxyl groups excluding tert-OH is 1. The van der Waals surface area contributed by atoms with Gasteiger partial charge in [-0.1, -0.05) is 12.1 Å². The molecule has 2 aliphatic rings. The number of carbonyl (C=O) groups is 2. The Hall–Kier alpha value is -1.95. The highest BCUT2D eigenvalue weighted by molar-refractivity contribution is 5.79. The maximum Gasteiger partial charge on any atom is 0.226 e. The van der Waals surface area contributed by atoms with Crippen LogP contribution in [0.25, 0.3) is 0 Å². The number of carbonyl (C=O) groups excluding carboxylic acids is 2. The summed E-state index contributed by atoms with van der Waals surface area (Å²) in [6.45, 7) is 4.09. The molecule has 2 amide bonds. The number of likely N-dealkylation sites (tertiary alicyclic amines) is 2. The first-order valence-corrected chi connectivity index (χ1v) is 9.35. The van der Waals surface area contributed by atoms with Crippen LogP contribution in [0.2, 0.25) is 0 Å². The van der Waals surface area contributed by atoms with Gasteiger partial charge in [0.1, 0.15) is 5.82 Å². The van der Waals surface area contributed by atoms with Gasteiger partial charge in [0, 0.05) is 32.6 Å². The number of amides is 2. The van der Waals surface area contributed by atoms with Crippen LogP contribution in [0.15, 0.2) is 24.3 Å². The molecule has 0 aliphatic carbocycles. The Morgan fingerprint density at radius 3 is 2.69 bits per heavy atom. The number of rotatable bonds is 4. The minimum Gasteiger partial charge on any atom is -0.392 e. The summed E-state index contributed by atoms with van der Waals surface area (Å²) in [5.41, 5.74) is 0.750. The lowest BCUT2D eigenvalue weighted by Gasteiger charge is -2.47. The molecule has 2 aliphatic heterocycles. The molecule has 1 spiro atoms. The smallest absolute Gasteiger partial charge is 0.226 e. The van der Waals surface area contributed by atoms with E-state index in [0.717, 1.165) is 19.3 Å². The topological polar surface area (TPSA) is 60.9 Å². The van der Waals surface area contributed by atoms with E-state index >= 15 is 0 Å². The second-order valence-corrected chi connectivity index (χ2v) is 7.81. The predicted octanol–water partition coefficient (Wildman–Crippen LogP) is 1.98. The largest absolute Gasteiger partial charge is 0.392 e. The van der Waals surface area contributed by atoms with Crippen LogP contribution in [-0.2, 0) is 16.0 Å². The van der Waals surface area contributed by atoms with Gasteiger partial charge in [0.05, 0.1) is 12.5 Å². The molecular weight excluding hydrogens is 335 g/mol. The van der Waals surface area contributed by atoms with Crippen molar-refractivity contribution < 1.29 is 19.1 Å². The van der Waals surface area contributed by atoms with Crippen molar-refractivity contribution in [2.45, 2.75) is 45.1 Å². The van der Waals surface area contributed by atoms with Gasteiger partial charge >= 0.3 is 0 Å². The summed E-state index contributed by atoms with van der Waals surface area (Å²) >= 11 is 0. The van der Waals surface area contributed by atoms with Crippen LogP contribution < -0.4 is 0 Å². The molecule has 2 heterocycles. The van der Waals surface area contributed by atoms with E-state index in [4.69, 9.17) is 0 Å². The van der Waals surface area contributed by atoms with Crippen molar-refractivity contribution in [2.24, 2.45) is 5.41 Å². The minimum absolute atomic E-state index is 0.0261. The molecule has 2 saturated heterocycles. The Kier molecular flexibility index (Phi) is 5.61. The van der Waals surface area contributed by atoms with Crippen LogP contribution >= 0.6 is 0 Å². The van der Waals surface area contributed by atoms with Gasteiger partial charge in [-0.2, -0.15) is 0 Å². The van der Waals surface area contributed by atoms with Crippen LogP contribution in [-0.4, -0.2) is 59.0 Å². The zero-order valence-electron chi connectivity index (χ0n) is 15.3. The molecule has 3 rings (SSSR count). The van der Waals surface area contributed by atoms with Crippen LogP contribution in [0.4, 0.5) is 4.39 Å². The van der Waals surface area contributed by atoms with Crippen LogP contribution in [0.1, 0.15) is 38.2 Å². The lowest BCUT2D eigenvalue weighted by molar-refractivity contribution is -0.143. The molecule has 5 nitrogen and oxygen atoms in total. The van der Waals surface area contributed by atoms with Crippen molar-refractivity contribution in [3.63, 3.8) is 0 Å². The number of piperidine rings is 2. The predicted molar refractivity (Wildman–Crippen MR) is 95.8 cm³/mol. The summed E-state index contributed by atoms with van der Waals surface area (Å²) in [7, 11) is 0. The second-order valence-electron chi connectivity index (χ2n) is 7.81. The molecule has 2 fully saturated rings. The molecule has 0 saturated carbocycles. The van der Waals surface area contributed by atoms with E-state index in [1.54, 1.807) is 24.0 Å². The zero-order chi connectivity index (χ0) is 18.7. The summed E-state index contributed by atoms with van der Waals surface area (Å²) in [6.07, 6.45) is 2.80. The Morgan fingerprint density at radius 2 is 2.04 bits per heavy atom. The Labute approximate surface area is 153 Å². The third-order valence-corrected chi connectivity index (χ3v) is 5.65. The van der Waals surface area contributed by atoms with E-state index in [1.165, 1.54) is 12.1 Å². The maximum absolute atomic E-state index is 13.3. The van der Waals surface area contributed by atoms with Crippen molar-refractivity contribution in [1.82, 2.24) is 9.80 Å². The van der Waals surface area contributed by atoms with Gasteiger partial charge in [-0.25, -0.2) is 4.39 Å². The van der Waals surface area contributed by atoms with Gasteiger partial charge in [-0.3, -0.25) is 9.59 Å². The lowest BCUT2D eigenvalue weighted by Crippen LogP contribution is -2.53. The molecule has 0 aromatic heterocycles. The van der Waals surface area contributed by atoms with Crippen LogP contribution in [0.5, 0.6) is 0 Å². The van der Waals surface area contributed by atoms with Crippen molar-refractivity contribution in [2.75, 3.05) is 26.2 Å². The number of benzene rings is 1. The molecule has 0 unspecified atom stereocenters. The average Bonchev–Trinajstić information content (AvgIpc) is 2.58. The summed E-state index contributed by atoms with van der Waals surface area (Å²) < 4.78 is 13.3. The molecule has 1 N–H and O–H groups in total. The van der Waals surface area contributed by atoms with E-state index in [0.29, 0.717) is 38.2 Å². The normalized spacial score (nSPS) is 21.1. The number of hydrogen-bond donors (Lipinski definition) is 1. The van der Waals surface area contributed by atoms with Gasteiger partial charge < -0.3 is 14.9 Å². The number of nitrogens with zero attached hydrogens (tertiary/aromatic N) is 2. The molecule has 0 radical (unpaired) electrons. The SMILES string of the molecule is C[C@@H](O)CN1CC2(CCC1=O)CCN(C(=O)Cc1cccc(F)c1)CC2. The first-order chi connectivity index (χ1) is 12.4.